The Kier molecular flexibility index (Phi) is 11.9. The lowest BCUT2D eigenvalue weighted by Gasteiger charge is -2.42. The van der Waals surface area contributed by atoms with Crippen LogP contribution in [0, 0.1) is 16.9 Å². The van der Waals surface area contributed by atoms with E-state index in [9.17, 15) is 4.79 Å². The largest absolute Gasteiger partial charge is 0.497 e. The minimum Gasteiger partial charge on any atom is -0.497 e. The molecule has 7 heteroatoms. The number of carbonyl (C=O) groups is 1. The van der Waals surface area contributed by atoms with Crippen molar-refractivity contribution in [1.82, 2.24) is 4.90 Å². The molecule has 2 rings (SSSR count). The average molecular weight is 558 g/mol. The molecule has 0 saturated carbocycles. The summed E-state index contributed by atoms with van der Waals surface area (Å²) in [6.07, 6.45) is 5.71. The standard InChI is InChI=1S/C32H51NO5Si/c1-30(2,3)38-29(34)13-11-12-21-33(23-26-14-16-28(35-7)17-15-26)27(19-22-39(8,9)10)18-20-32(6)36-24-31(4,5)25-37-32/h11,13-17,27H,12,18,20-21,23-25H2,1-10H3/b13-11+. The lowest BCUT2D eigenvalue weighted by atomic mass is 9.94. The highest BCUT2D eigenvalue weighted by Crippen LogP contribution is 2.33. The first-order chi connectivity index (χ1) is 18.0. The SMILES string of the molecule is COc1ccc(CN(CC/C=C/C(=O)OC(C)(C)C)C(C#C[Si](C)(C)C)CCC2(C)OCC(C)(C)CO2)cc1. The number of benzene rings is 1. The van der Waals surface area contributed by atoms with Crippen LogP contribution in [-0.4, -0.2) is 63.2 Å². The summed E-state index contributed by atoms with van der Waals surface area (Å²) in [6, 6.07) is 8.20. The molecule has 0 aromatic heterocycles. The molecule has 1 atom stereocenters. The van der Waals surface area contributed by atoms with Crippen LogP contribution in [0.5, 0.6) is 5.75 Å². The normalized spacial score (nSPS) is 17.9. The smallest absolute Gasteiger partial charge is 0.330 e. The van der Waals surface area contributed by atoms with Gasteiger partial charge in [-0.2, -0.15) is 0 Å². The molecule has 1 saturated heterocycles. The second-order valence-electron chi connectivity index (χ2n) is 13.5. The van der Waals surface area contributed by atoms with Crippen molar-refractivity contribution in [3.8, 4) is 17.2 Å². The van der Waals surface area contributed by atoms with Crippen LogP contribution in [0.4, 0.5) is 0 Å². The molecule has 0 spiro atoms. The van der Waals surface area contributed by atoms with Gasteiger partial charge in [-0.15, -0.1) is 5.54 Å². The van der Waals surface area contributed by atoms with Gasteiger partial charge in [-0.05, 0) is 58.2 Å². The van der Waals surface area contributed by atoms with E-state index >= 15 is 0 Å². The van der Waals surface area contributed by atoms with Crippen molar-refractivity contribution in [2.24, 2.45) is 5.41 Å². The lowest BCUT2D eigenvalue weighted by molar-refractivity contribution is -0.292. The molecule has 218 valence electrons. The molecule has 0 N–H and O–H groups in total. The van der Waals surface area contributed by atoms with E-state index in [0.29, 0.717) is 19.6 Å². The fourth-order valence-corrected chi connectivity index (χ4v) is 4.63. The van der Waals surface area contributed by atoms with Gasteiger partial charge in [0.15, 0.2) is 5.79 Å². The van der Waals surface area contributed by atoms with Crippen LogP contribution in [0.25, 0.3) is 0 Å². The maximum atomic E-state index is 12.2. The fourth-order valence-electron chi connectivity index (χ4n) is 4.03. The molecule has 1 aromatic rings. The first-order valence-corrected chi connectivity index (χ1v) is 17.6. The third kappa shape index (κ3) is 13.2. The second kappa shape index (κ2) is 14.0. The zero-order chi connectivity index (χ0) is 29.3. The molecule has 0 aliphatic carbocycles. The number of nitrogens with zero attached hydrogens (tertiary/aromatic N) is 1. The van der Waals surface area contributed by atoms with Crippen molar-refractivity contribution in [3.63, 3.8) is 0 Å². The quantitative estimate of drug-likeness (QED) is 0.132. The zero-order valence-corrected chi connectivity index (χ0v) is 27.0. The van der Waals surface area contributed by atoms with Crippen LogP contribution < -0.4 is 4.74 Å². The topological polar surface area (TPSA) is 57.2 Å². The predicted molar refractivity (Wildman–Crippen MR) is 161 cm³/mol. The van der Waals surface area contributed by atoms with Gasteiger partial charge in [-0.1, -0.05) is 57.6 Å². The van der Waals surface area contributed by atoms with Crippen molar-refractivity contribution in [1.29, 1.82) is 0 Å². The number of methoxy groups -OCH3 is 1. The van der Waals surface area contributed by atoms with E-state index in [1.807, 2.05) is 45.9 Å². The van der Waals surface area contributed by atoms with Gasteiger partial charge in [0.25, 0.3) is 0 Å². The number of esters is 1. The molecule has 39 heavy (non-hydrogen) atoms. The summed E-state index contributed by atoms with van der Waals surface area (Å²) in [5.74, 6) is 3.55. The molecule has 1 aliphatic rings. The van der Waals surface area contributed by atoms with E-state index in [4.69, 9.17) is 18.9 Å². The van der Waals surface area contributed by atoms with Gasteiger partial charge in [-0.25, -0.2) is 4.79 Å². The molecular weight excluding hydrogens is 506 g/mol. The van der Waals surface area contributed by atoms with E-state index in [0.717, 1.165) is 31.7 Å². The number of ether oxygens (including phenoxy) is 4. The molecule has 1 aliphatic heterocycles. The Bertz CT molecular complexity index is 998. The Balaban J connectivity index is 2.24. The van der Waals surface area contributed by atoms with Crippen molar-refractivity contribution in [2.75, 3.05) is 26.9 Å². The first kappa shape index (κ1) is 33.1. The Labute approximate surface area is 238 Å². The van der Waals surface area contributed by atoms with Crippen LogP contribution >= 0.6 is 0 Å². The van der Waals surface area contributed by atoms with Gasteiger partial charge in [0.2, 0.25) is 0 Å². The second-order valence-corrected chi connectivity index (χ2v) is 18.2. The van der Waals surface area contributed by atoms with Gasteiger partial charge >= 0.3 is 5.97 Å². The van der Waals surface area contributed by atoms with E-state index in [1.54, 1.807) is 7.11 Å². The Morgan fingerprint density at radius 2 is 1.74 bits per heavy atom. The van der Waals surface area contributed by atoms with Crippen LogP contribution in [0.2, 0.25) is 19.6 Å². The van der Waals surface area contributed by atoms with Gasteiger partial charge in [0.1, 0.15) is 19.4 Å². The fraction of sp³-hybridized carbons (Fsp3) is 0.656. The summed E-state index contributed by atoms with van der Waals surface area (Å²) in [5.41, 5.74) is 4.31. The van der Waals surface area contributed by atoms with Gasteiger partial charge in [0, 0.05) is 31.0 Å². The molecule has 0 radical (unpaired) electrons. The van der Waals surface area contributed by atoms with Gasteiger partial charge in [-0.3, -0.25) is 4.90 Å². The average Bonchev–Trinajstić information content (AvgIpc) is 2.82. The molecule has 1 fully saturated rings. The summed E-state index contributed by atoms with van der Waals surface area (Å²) < 4.78 is 23.2. The van der Waals surface area contributed by atoms with Crippen LogP contribution in [-0.2, 0) is 25.5 Å². The van der Waals surface area contributed by atoms with Crippen molar-refractivity contribution in [2.45, 2.75) is 104 Å². The molecule has 1 heterocycles. The van der Waals surface area contributed by atoms with Gasteiger partial charge < -0.3 is 18.9 Å². The number of hydrogen-bond donors (Lipinski definition) is 0. The first-order valence-electron chi connectivity index (χ1n) is 14.1. The molecular formula is C32H51NO5Si. The highest BCUT2D eigenvalue weighted by Gasteiger charge is 2.37. The maximum absolute atomic E-state index is 12.2. The summed E-state index contributed by atoms with van der Waals surface area (Å²) in [5, 5.41) is 0. The van der Waals surface area contributed by atoms with E-state index in [-0.39, 0.29) is 17.4 Å². The van der Waals surface area contributed by atoms with E-state index in [2.05, 4.69) is 62.0 Å². The monoisotopic (exact) mass is 557 g/mol. The summed E-state index contributed by atoms with van der Waals surface area (Å²) in [6.45, 7) is 21.6. The molecule has 0 amide bonds. The number of carbonyl (C=O) groups excluding carboxylic acids is 1. The third-order valence-corrected chi connectivity index (χ3v) is 7.15. The minimum absolute atomic E-state index is 0.0210. The van der Waals surface area contributed by atoms with Crippen molar-refractivity contribution >= 4 is 14.0 Å². The summed E-state index contributed by atoms with van der Waals surface area (Å²) >= 11 is 0. The van der Waals surface area contributed by atoms with Crippen molar-refractivity contribution < 1.29 is 23.7 Å². The molecule has 0 bridgehead atoms. The Morgan fingerprint density at radius 3 is 2.28 bits per heavy atom. The van der Waals surface area contributed by atoms with Gasteiger partial charge in [0.05, 0.1) is 26.4 Å². The molecule has 1 unspecified atom stereocenters. The van der Waals surface area contributed by atoms with Crippen LogP contribution in [0.15, 0.2) is 36.4 Å². The number of rotatable bonds is 11. The third-order valence-electron chi connectivity index (χ3n) is 6.25. The Morgan fingerprint density at radius 1 is 1.13 bits per heavy atom. The van der Waals surface area contributed by atoms with E-state index < -0.39 is 19.5 Å². The van der Waals surface area contributed by atoms with E-state index in [1.165, 1.54) is 11.6 Å². The maximum Gasteiger partial charge on any atom is 0.330 e. The number of hydrogen-bond acceptors (Lipinski definition) is 6. The van der Waals surface area contributed by atoms with Crippen molar-refractivity contribution in [3.05, 3.63) is 42.0 Å². The minimum atomic E-state index is -1.59. The van der Waals surface area contributed by atoms with Crippen LogP contribution in [0.1, 0.15) is 66.4 Å². The Hall–Kier alpha value is -2.11. The lowest BCUT2D eigenvalue weighted by Crippen LogP contribution is -2.46. The summed E-state index contributed by atoms with van der Waals surface area (Å²) in [4.78, 5) is 14.6. The zero-order valence-electron chi connectivity index (χ0n) is 26.0. The van der Waals surface area contributed by atoms with Crippen LogP contribution in [0.3, 0.4) is 0 Å². The highest BCUT2D eigenvalue weighted by molar-refractivity contribution is 6.83. The highest BCUT2D eigenvalue weighted by atomic mass is 28.3. The predicted octanol–water partition coefficient (Wildman–Crippen LogP) is 6.60. The molecule has 1 aromatic carbocycles. The summed E-state index contributed by atoms with van der Waals surface area (Å²) in [7, 11) is 0.0835. The molecule has 6 nitrogen and oxygen atoms in total.